The van der Waals surface area contributed by atoms with Gasteiger partial charge in [-0.2, -0.15) is 4.31 Å². The zero-order chi connectivity index (χ0) is 25.4. The van der Waals surface area contributed by atoms with E-state index in [-0.39, 0.29) is 37.6 Å². The number of aryl methyl sites for hydroxylation is 1. The summed E-state index contributed by atoms with van der Waals surface area (Å²) in [7, 11) is -3.92. The van der Waals surface area contributed by atoms with Gasteiger partial charge in [-0.15, -0.1) is 11.0 Å². The number of rotatable bonds is 8. The molecular weight excluding hydrogens is 470 g/mol. The smallest absolute Gasteiger partial charge is 0.324 e. The molecule has 10 heteroatoms. The molecule has 35 heavy (non-hydrogen) atoms. The summed E-state index contributed by atoms with van der Waals surface area (Å²) in [6.45, 7) is 5.63. The van der Waals surface area contributed by atoms with Crippen LogP contribution in [0.3, 0.4) is 0 Å². The van der Waals surface area contributed by atoms with Crippen molar-refractivity contribution in [3.8, 4) is 17.6 Å². The molecule has 1 unspecified atom stereocenters. The number of piperazine rings is 1. The highest BCUT2D eigenvalue weighted by molar-refractivity contribution is 7.89. The minimum Gasteiger partial charge on any atom is -0.481 e. The first-order chi connectivity index (χ1) is 16.7. The van der Waals surface area contributed by atoms with Crippen LogP contribution < -0.4 is 10.1 Å². The zero-order valence-corrected chi connectivity index (χ0v) is 20.8. The van der Waals surface area contributed by atoms with Gasteiger partial charge >= 0.3 is 5.97 Å². The number of nitrogens with one attached hydrogen (secondary N) is 1. The normalized spacial score (nSPS) is 16.6. The number of nitrogens with zero attached hydrogens (tertiary/aromatic N) is 2. The van der Waals surface area contributed by atoms with Crippen molar-refractivity contribution in [1.29, 1.82) is 0 Å². The number of ether oxygens (including phenoxy) is 1. The van der Waals surface area contributed by atoms with Crippen LogP contribution in [-0.2, 0) is 19.7 Å². The Kier molecular flexibility index (Phi) is 8.87. The summed E-state index contributed by atoms with van der Waals surface area (Å²) in [5.41, 5.74) is 1.13. The Balaban J connectivity index is 1.81. The number of amides is 1. The average Bonchev–Trinajstić information content (AvgIpc) is 2.84. The number of carbonyl (C=O) groups is 2. The van der Waals surface area contributed by atoms with Crippen molar-refractivity contribution in [2.45, 2.75) is 38.3 Å². The number of hydrogen-bond donors (Lipinski definition) is 1. The maximum absolute atomic E-state index is 13.4. The van der Waals surface area contributed by atoms with Crippen LogP contribution in [0.5, 0.6) is 5.75 Å². The molecule has 2 aromatic rings. The van der Waals surface area contributed by atoms with Crippen LogP contribution in [0.15, 0.2) is 53.4 Å². The first-order valence-corrected chi connectivity index (χ1v) is 12.7. The monoisotopic (exact) mass is 499 g/mol. The van der Waals surface area contributed by atoms with Crippen LogP contribution >= 0.6 is 0 Å². The lowest BCUT2D eigenvalue weighted by Crippen LogP contribution is -2.61. The molecule has 0 aliphatic carbocycles. The molecule has 0 radical (unpaired) electrons. The Morgan fingerprint density at radius 1 is 1.14 bits per heavy atom. The van der Waals surface area contributed by atoms with Crippen LogP contribution in [0.4, 0.5) is 0 Å². The number of benzene rings is 2. The summed E-state index contributed by atoms with van der Waals surface area (Å²) in [6.07, 6.45) is -0.779. The Bertz CT molecular complexity index is 1220. The molecule has 0 spiro atoms. The summed E-state index contributed by atoms with van der Waals surface area (Å²) in [5, 5.41) is 4.16. The van der Waals surface area contributed by atoms with Crippen LogP contribution in [0.25, 0.3) is 0 Å². The molecule has 186 valence electrons. The maximum Gasteiger partial charge on any atom is 0.324 e. The molecule has 1 atom stereocenters. The lowest BCUT2D eigenvalue weighted by atomic mass is 10.2. The van der Waals surface area contributed by atoms with Gasteiger partial charge in [0.25, 0.3) is 5.91 Å². The standard InChI is InChI=1S/C25H29N3O6S/c1-4-6-16-33-21-12-10-20(11-13-21)25(30)26-23-18-27(34-24(29)5-2)14-15-28(23)35(31,32)22-9-7-8-19(3)17-22/h7-13,17,23H,5,14-16,18H2,1-3H3,(H,26,30). The lowest BCUT2D eigenvalue weighted by Gasteiger charge is -2.39. The van der Waals surface area contributed by atoms with Gasteiger partial charge in [0.2, 0.25) is 10.0 Å². The van der Waals surface area contributed by atoms with Gasteiger partial charge in [0.1, 0.15) is 18.5 Å². The molecule has 1 heterocycles. The van der Waals surface area contributed by atoms with Crippen molar-refractivity contribution in [3.05, 3.63) is 59.7 Å². The van der Waals surface area contributed by atoms with Crippen LogP contribution in [0.1, 0.15) is 36.2 Å². The van der Waals surface area contributed by atoms with Gasteiger partial charge in [-0.1, -0.05) is 25.0 Å². The van der Waals surface area contributed by atoms with Crippen LogP contribution in [0, 0.1) is 18.8 Å². The highest BCUT2D eigenvalue weighted by atomic mass is 32.2. The predicted octanol–water partition coefficient (Wildman–Crippen LogP) is 2.33. The zero-order valence-electron chi connectivity index (χ0n) is 20.0. The Labute approximate surface area is 206 Å². The molecule has 0 bridgehead atoms. The van der Waals surface area contributed by atoms with Gasteiger partial charge < -0.3 is 14.9 Å². The first-order valence-electron chi connectivity index (χ1n) is 11.2. The molecule has 0 saturated carbocycles. The van der Waals surface area contributed by atoms with E-state index >= 15 is 0 Å². The van der Waals surface area contributed by atoms with Gasteiger partial charge in [0.15, 0.2) is 0 Å². The second kappa shape index (κ2) is 11.8. The van der Waals surface area contributed by atoms with Crippen LogP contribution in [-0.4, -0.2) is 62.1 Å². The third kappa shape index (κ3) is 6.82. The number of hydroxylamine groups is 2. The minimum absolute atomic E-state index is 0.0145. The maximum atomic E-state index is 13.4. The first kappa shape index (κ1) is 26.2. The second-order valence-corrected chi connectivity index (χ2v) is 9.76. The van der Waals surface area contributed by atoms with Crippen molar-refractivity contribution >= 4 is 21.9 Å². The van der Waals surface area contributed by atoms with Crippen LogP contribution in [0.2, 0.25) is 0 Å². The lowest BCUT2D eigenvalue weighted by molar-refractivity contribution is -0.199. The summed E-state index contributed by atoms with van der Waals surface area (Å²) in [4.78, 5) is 30.2. The van der Waals surface area contributed by atoms with E-state index in [1.165, 1.54) is 15.4 Å². The summed E-state index contributed by atoms with van der Waals surface area (Å²) >= 11 is 0. The minimum atomic E-state index is -3.92. The SMILES string of the molecule is CC#CCOc1ccc(C(=O)NC2CN(OC(=O)CC)CCN2S(=O)(=O)c2cccc(C)c2)cc1. The molecule has 1 fully saturated rings. The van der Waals surface area contributed by atoms with Gasteiger partial charge in [-0.25, -0.2) is 8.42 Å². The summed E-state index contributed by atoms with van der Waals surface area (Å²) in [6, 6.07) is 13.0. The summed E-state index contributed by atoms with van der Waals surface area (Å²) < 4.78 is 33.6. The Hall–Kier alpha value is -3.39. The van der Waals surface area contributed by atoms with Crippen molar-refractivity contribution in [3.63, 3.8) is 0 Å². The largest absolute Gasteiger partial charge is 0.481 e. The number of carbonyl (C=O) groups excluding carboxylic acids is 2. The second-order valence-electron chi connectivity index (χ2n) is 7.87. The van der Waals surface area contributed by atoms with Gasteiger partial charge in [0, 0.05) is 25.1 Å². The van der Waals surface area contributed by atoms with E-state index in [4.69, 9.17) is 9.57 Å². The van der Waals surface area contributed by atoms with Crippen molar-refractivity contribution < 1.29 is 27.6 Å². The average molecular weight is 500 g/mol. The van der Waals surface area contributed by atoms with E-state index in [2.05, 4.69) is 17.2 Å². The topological polar surface area (TPSA) is 105 Å². The van der Waals surface area contributed by atoms with E-state index < -0.39 is 28.1 Å². The van der Waals surface area contributed by atoms with Crippen molar-refractivity contribution in [1.82, 2.24) is 14.7 Å². The Morgan fingerprint density at radius 2 is 1.89 bits per heavy atom. The molecule has 0 aromatic heterocycles. The van der Waals surface area contributed by atoms with Gasteiger partial charge in [-0.3, -0.25) is 9.59 Å². The fourth-order valence-electron chi connectivity index (χ4n) is 3.48. The molecule has 2 aromatic carbocycles. The van der Waals surface area contributed by atoms with E-state index in [0.29, 0.717) is 11.3 Å². The predicted molar refractivity (Wildman–Crippen MR) is 130 cm³/mol. The molecule has 1 N–H and O–H groups in total. The molecule has 1 saturated heterocycles. The van der Waals surface area contributed by atoms with E-state index in [9.17, 15) is 18.0 Å². The van der Waals surface area contributed by atoms with Gasteiger partial charge in [-0.05, 0) is 55.8 Å². The number of hydrogen-bond acceptors (Lipinski definition) is 7. The number of sulfonamides is 1. The highest BCUT2D eigenvalue weighted by Gasteiger charge is 2.38. The Morgan fingerprint density at radius 3 is 2.54 bits per heavy atom. The third-order valence-corrected chi connectivity index (χ3v) is 7.22. The fraction of sp³-hybridized carbons (Fsp3) is 0.360. The molecular formula is C25H29N3O6S. The highest BCUT2D eigenvalue weighted by Crippen LogP contribution is 2.22. The fourth-order valence-corrected chi connectivity index (χ4v) is 5.11. The summed E-state index contributed by atoms with van der Waals surface area (Å²) in [5.74, 6) is 5.18. The quantitative estimate of drug-likeness (QED) is 0.556. The molecule has 9 nitrogen and oxygen atoms in total. The molecule has 1 aliphatic rings. The van der Waals surface area contributed by atoms with Gasteiger partial charge in [0.05, 0.1) is 11.4 Å². The van der Waals surface area contributed by atoms with Crippen molar-refractivity contribution in [2.75, 3.05) is 26.2 Å². The molecule has 3 rings (SSSR count). The third-order valence-electron chi connectivity index (χ3n) is 5.31. The molecule has 1 amide bonds. The van der Waals surface area contributed by atoms with E-state index in [0.717, 1.165) is 5.56 Å². The molecule has 1 aliphatic heterocycles. The van der Waals surface area contributed by atoms with E-state index in [1.54, 1.807) is 50.2 Å². The van der Waals surface area contributed by atoms with E-state index in [1.807, 2.05) is 13.0 Å². The van der Waals surface area contributed by atoms with Crippen molar-refractivity contribution in [2.24, 2.45) is 0 Å².